The lowest BCUT2D eigenvalue weighted by Gasteiger charge is -2.49. The molecule has 0 bridgehead atoms. The van der Waals surface area contributed by atoms with E-state index < -0.39 is 46.6 Å². The number of likely N-dealkylation sites (tertiary alicyclic amines) is 1. The summed E-state index contributed by atoms with van der Waals surface area (Å²) in [6.45, 7) is 1.36. The van der Waals surface area contributed by atoms with Crippen molar-refractivity contribution >= 4 is 33.8 Å². The van der Waals surface area contributed by atoms with Crippen molar-refractivity contribution in [3.05, 3.63) is 121 Å². The highest BCUT2D eigenvalue weighted by Crippen LogP contribution is 2.57. The number of aromatic nitrogens is 1. The first kappa shape index (κ1) is 32.5. The number of benzene rings is 3. The molecule has 50 heavy (non-hydrogen) atoms. The maximum Gasteiger partial charge on any atom is 0.265 e. The van der Waals surface area contributed by atoms with E-state index in [-0.39, 0.29) is 75.7 Å². The van der Waals surface area contributed by atoms with Gasteiger partial charge in [-0.2, -0.15) is 0 Å². The van der Waals surface area contributed by atoms with Crippen LogP contribution in [0.15, 0.2) is 81.0 Å². The quantitative estimate of drug-likeness (QED) is 0.193. The SMILES string of the molecule is O=Cc1c(F)c2c(c(OCc3ccccc3)c1Br)C(=O)C1=C(O)[C@]3(O)C(=O)c4c(OCc5ccccc5)noc4[C@@H](N4CCCC4)[C@@H]3C[C@@H]1C2. The summed E-state index contributed by atoms with van der Waals surface area (Å²) in [6.07, 6.45) is 2.08. The van der Waals surface area contributed by atoms with Gasteiger partial charge in [0.25, 0.3) is 5.88 Å². The zero-order chi connectivity index (χ0) is 34.7. The molecule has 1 fully saturated rings. The molecule has 4 aliphatic rings. The zero-order valence-electron chi connectivity index (χ0n) is 26.7. The van der Waals surface area contributed by atoms with Crippen LogP contribution in [0.5, 0.6) is 11.6 Å². The van der Waals surface area contributed by atoms with Gasteiger partial charge in [-0.15, -0.1) is 0 Å². The highest BCUT2D eigenvalue weighted by molar-refractivity contribution is 9.10. The Morgan fingerprint density at radius 3 is 2.28 bits per heavy atom. The largest absolute Gasteiger partial charge is 0.508 e. The summed E-state index contributed by atoms with van der Waals surface area (Å²) in [7, 11) is 0. The molecule has 12 heteroatoms. The second-order valence-corrected chi connectivity index (χ2v) is 14.0. The lowest BCUT2D eigenvalue weighted by atomic mass is 9.58. The maximum absolute atomic E-state index is 16.1. The van der Waals surface area contributed by atoms with E-state index in [4.69, 9.17) is 14.0 Å². The molecule has 4 aromatic rings. The Hall–Kier alpha value is -4.65. The van der Waals surface area contributed by atoms with Gasteiger partial charge in [0.05, 0.1) is 21.6 Å². The molecule has 4 atom stereocenters. The molecule has 3 aliphatic carbocycles. The van der Waals surface area contributed by atoms with Gasteiger partial charge in [0, 0.05) is 17.1 Å². The van der Waals surface area contributed by atoms with Crippen LogP contribution in [0.1, 0.15) is 78.8 Å². The smallest absolute Gasteiger partial charge is 0.265 e. The molecule has 0 saturated carbocycles. The molecule has 0 unspecified atom stereocenters. The van der Waals surface area contributed by atoms with Crippen molar-refractivity contribution in [2.45, 2.75) is 50.5 Å². The zero-order valence-corrected chi connectivity index (χ0v) is 28.3. The summed E-state index contributed by atoms with van der Waals surface area (Å²) in [4.78, 5) is 43.2. The predicted molar refractivity (Wildman–Crippen MR) is 180 cm³/mol. The minimum atomic E-state index is -2.53. The van der Waals surface area contributed by atoms with E-state index in [9.17, 15) is 24.6 Å². The van der Waals surface area contributed by atoms with Crippen LogP contribution in [-0.4, -0.2) is 56.8 Å². The van der Waals surface area contributed by atoms with Gasteiger partial charge < -0.3 is 24.2 Å². The lowest BCUT2D eigenvalue weighted by Crippen LogP contribution is -2.59. The molecule has 1 aliphatic heterocycles. The number of ketones is 2. The first-order chi connectivity index (χ1) is 24.2. The summed E-state index contributed by atoms with van der Waals surface area (Å²) >= 11 is 3.28. The van der Waals surface area contributed by atoms with Gasteiger partial charge in [-0.3, -0.25) is 19.3 Å². The van der Waals surface area contributed by atoms with Crippen molar-refractivity contribution in [3.63, 3.8) is 0 Å². The summed E-state index contributed by atoms with van der Waals surface area (Å²) in [5, 5.41) is 28.7. The van der Waals surface area contributed by atoms with Crippen molar-refractivity contribution in [1.29, 1.82) is 0 Å². The average Bonchev–Trinajstić information content (AvgIpc) is 3.81. The van der Waals surface area contributed by atoms with Crippen LogP contribution in [0, 0.1) is 17.7 Å². The summed E-state index contributed by atoms with van der Waals surface area (Å²) in [5.74, 6) is -5.02. The monoisotopic (exact) mass is 742 g/mol. The first-order valence-corrected chi connectivity index (χ1v) is 17.3. The minimum Gasteiger partial charge on any atom is -0.508 e. The van der Waals surface area contributed by atoms with E-state index in [2.05, 4.69) is 26.0 Å². The molecule has 2 heterocycles. The standard InChI is InChI=1S/C38H32BrFN2O8/c39-29-24(17-43)30(40)23-15-22-16-25-31(42-13-7-8-14-42)34-28(37(41-50-34)49-19-21-11-5-2-6-12-21)36(46)38(25,47)35(45)26(22)32(44)27(23)33(29)48-18-20-9-3-1-4-10-20/h1-6,9-12,17,22,25,31,45,47H,7-8,13-16,18-19H2/t22-,25-,31-,38-/m0/s1. The van der Waals surface area contributed by atoms with Crippen LogP contribution < -0.4 is 9.47 Å². The molecule has 2 N–H and O–H groups in total. The van der Waals surface area contributed by atoms with E-state index in [0.29, 0.717) is 19.4 Å². The molecule has 0 spiro atoms. The van der Waals surface area contributed by atoms with Crippen molar-refractivity contribution in [2.75, 3.05) is 13.1 Å². The molecule has 8 rings (SSSR count). The van der Waals surface area contributed by atoms with Gasteiger partial charge in [0.15, 0.2) is 23.4 Å². The highest BCUT2D eigenvalue weighted by atomic mass is 79.9. The number of Topliss-reactive ketones (excluding diaryl/α,β-unsaturated/α-hetero) is 2. The van der Waals surface area contributed by atoms with Gasteiger partial charge >= 0.3 is 0 Å². The second-order valence-electron chi connectivity index (χ2n) is 13.2. The molecule has 10 nitrogen and oxygen atoms in total. The van der Waals surface area contributed by atoms with Crippen LogP contribution in [0.3, 0.4) is 0 Å². The summed E-state index contributed by atoms with van der Waals surface area (Å²) in [6, 6.07) is 17.7. The molecule has 0 amide bonds. The number of ether oxygens (including phenoxy) is 2. The molecular formula is C38H32BrFN2O8. The number of carbonyl (C=O) groups excluding carboxylic acids is 3. The number of fused-ring (bicyclic) bond motifs is 4. The number of aliphatic hydroxyl groups excluding tert-OH is 1. The van der Waals surface area contributed by atoms with Gasteiger partial charge in [0.2, 0.25) is 5.78 Å². The molecule has 0 radical (unpaired) electrons. The van der Waals surface area contributed by atoms with Crippen molar-refractivity contribution in [3.8, 4) is 11.6 Å². The van der Waals surface area contributed by atoms with E-state index in [1.54, 1.807) is 0 Å². The fraction of sp³-hybridized carbons (Fsp3) is 0.316. The van der Waals surface area contributed by atoms with Crippen molar-refractivity contribution in [1.82, 2.24) is 10.1 Å². The Balaban J connectivity index is 1.24. The van der Waals surface area contributed by atoms with E-state index in [1.807, 2.05) is 60.7 Å². The normalized spacial score (nSPS) is 24.3. The van der Waals surface area contributed by atoms with Crippen LogP contribution >= 0.6 is 15.9 Å². The Labute approximate surface area is 294 Å². The molecule has 256 valence electrons. The predicted octanol–water partition coefficient (Wildman–Crippen LogP) is 6.50. The van der Waals surface area contributed by atoms with Crippen molar-refractivity contribution < 1.29 is 43.0 Å². The first-order valence-electron chi connectivity index (χ1n) is 16.6. The number of allylic oxidation sites excluding steroid dienone is 1. The number of carbonyl (C=O) groups is 3. The Kier molecular flexibility index (Phi) is 8.20. The van der Waals surface area contributed by atoms with E-state index in [0.717, 1.165) is 24.0 Å². The Morgan fingerprint density at radius 2 is 1.64 bits per heavy atom. The number of halogens is 2. The van der Waals surface area contributed by atoms with Crippen molar-refractivity contribution in [2.24, 2.45) is 11.8 Å². The number of aliphatic hydroxyl groups is 2. The fourth-order valence-electron chi connectivity index (χ4n) is 8.14. The van der Waals surface area contributed by atoms with Gasteiger partial charge in [-0.25, -0.2) is 4.39 Å². The number of rotatable bonds is 8. The van der Waals surface area contributed by atoms with E-state index >= 15 is 4.39 Å². The van der Waals surface area contributed by atoms with E-state index in [1.165, 1.54) is 0 Å². The fourth-order valence-corrected chi connectivity index (χ4v) is 8.72. The highest BCUT2D eigenvalue weighted by Gasteiger charge is 2.64. The number of nitrogens with zero attached hydrogens (tertiary/aromatic N) is 2. The lowest BCUT2D eigenvalue weighted by molar-refractivity contribution is -0.0600. The molecule has 1 aromatic heterocycles. The van der Waals surface area contributed by atoms with Crippen LogP contribution in [0.4, 0.5) is 4.39 Å². The van der Waals surface area contributed by atoms with Gasteiger partial charge in [0.1, 0.15) is 36.1 Å². The van der Waals surface area contributed by atoms with Crippen LogP contribution in [0.2, 0.25) is 0 Å². The second kappa shape index (κ2) is 12.6. The third-order valence-electron chi connectivity index (χ3n) is 10.5. The Bertz CT molecular complexity index is 2060. The summed E-state index contributed by atoms with van der Waals surface area (Å²) in [5.41, 5.74) is -1.70. The number of hydrogen-bond donors (Lipinski definition) is 2. The average molecular weight is 744 g/mol. The molecule has 3 aromatic carbocycles. The minimum absolute atomic E-state index is 0.00157. The number of aldehydes is 1. The summed E-state index contributed by atoms with van der Waals surface area (Å²) < 4.78 is 33.9. The number of hydrogen-bond acceptors (Lipinski definition) is 10. The van der Waals surface area contributed by atoms with Crippen LogP contribution in [0.25, 0.3) is 0 Å². The Morgan fingerprint density at radius 1 is 1.00 bits per heavy atom. The third kappa shape index (κ3) is 4.95. The molecular weight excluding hydrogens is 711 g/mol. The maximum atomic E-state index is 16.1. The van der Waals surface area contributed by atoms with Gasteiger partial charge in [-0.05, 0) is 76.9 Å². The van der Waals surface area contributed by atoms with Crippen LogP contribution in [-0.2, 0) is 19.6 Å². The third-order valence-corrected chi connectivity index (χ3v) is 11.3. The van der Waals surface area contributed by atoms with Gasteiger partial charge in [-0.1, -0.05) is 60.7 Å². The topological polar surface area (TPSA) is 139 Å². The molecule has 1 saturated heterocycles.